The lowest BCUT2D eigenvalue weighted by atomic mass is 9.74. The average molecular weight is 527 g/mol. The fourth-order valence-corrected chi connectivity index (χ4v) is 6.45. The van der Waals surface area contributed by atoms with Crippen LogP contribution in [0.15, 0.2) is 83.8 Å². The smallest absolute Gasteiger partial charge is 0.264 e. The molecule has 2 aliphatic rings. The first-order valence-corrected chi connectivity index (χ1v) is 13.7. The van der Waals surface area contributed by atoms with Gasteiger partial charge >= 0.3 is 0 Å². The average Bonchev–Trinajstić information content (AvgIpc) is 2.92. The Kier molecular flexibility index (Phi) is 6.92. The third-order valence-electron chi connectivity index (χ3n) is 6.85. The molecular weight excluding hydrogens is 500 g/mol. The highest BCUT2D eigenvalue weighted by Crippen LogP contribution is 2.39. The van der Waals surface area contributed by atoms with Crippen LogP contribution in [0.1, 0.15) is 18.4 Å². The summed E-state index contributed by atoms with van der Waals surface area (Å²) in [6, 6.07) is 23.0. The SMILES string of the molecule is O=C(NCC1(c2ccccc2)CCOCC1)[C@@H]1CN(S(=O)(=O)c2ccccc2)c2cc(Cl)ccc2O1. The molecule has 2 heterocycles. The lowest BCUT2D eigenvalue weighted by molar-refractivity contribution is -0.128. The van der Waals surface area contributed by atoms with Gasteiger partial charge in [-0.15, -0.1) is 0 Å². The van der Waals surface area contributed by atoms with Gasteiger partial charge in [0.2, 0.25) is 0 Å². The van der Waals surface area contributed by atoms with Crippen molar-refractivity contribution in [2.24, 2.45) is 0 Å². The number of halogens is 1. The molecule has 5 rings (SSSR count). The van der Waals surface area contributed by atoms with Gasteiger partial charge < -0.3 is 14.8 Å². The normalized spacial score (nSPS) is 19.1. The molecule has 188 valence electrons. The first-order valence-electron chi connectivity index (χ1n) is 11.8. The summed E-state index contributed by atoms with van der Waals surface area (Å²) < 4.78 is 39.9. The van der Waals surface area contributed by atoms with Gasteiger partial charge in [0, 0.05) is 30.2 Å². The molecule has 0 aliphatic carbocycles. The number of ether oxygens (including phenoxy) is 2. The van der Waals surface area contributed by atoms with Crippen molar-refractivity contribution in [3.63, 3.8) is 0 Å². The van der Waals surface area contributed by atoms with E-state index in [1.165, 1.54) is 22.5 Å². The minimum Gasteiger partial charge on any atom is -0.476 e. The number of fused-ring (bicyclic) bond motifs is 1. The maximum absolute atomic E-state index is 13.6. The Morgan fingerprint density at radius 2 is 1.67 bits per heavy atom. The summed E-state index contributed by atoms with van der Waals surface area (Å²) in [5, 5.41) is 3.42. The summed E-state index contributed by atoms with van der Waals surface area (Å²) in [6.07, 6.45) is 0.530. The van der Waals surface area contributed by atoms with E-state index < -0.39 is 16.1 Å². The van der Waals surface area contributed by atoms with Crippen LogP contribution in [0.2, 0.25) is 5.02 Å². The Balaban J connectivity index is 1.41. The lowest BCUT2D eigenvalue weighted by Gasteiger charge is -2.39. The molecule has 1 amide bonds. The Bertz CT molecular complexity index is 1330. The largest absolute Gasteiger partial charge is 0.476 e. The fourth-order valence-electron chi connectivity index (χ4n) is 4.80. The summed E-state index contributed by atoms with van der Waals surface area (Å²) in [7, 11) is -3.95. The molecule has 0 bridgehead atoms. The monoisotopic (exact) mass is 526 g/mol. The van der Waals surface area contributed by atoms with Crippen molar-refractivity contribution in [2.45, 2.75) is 29.3 Å². The summed E-state index contributed by atoms with van der Waals surface area (Å²) >= 11 is 6.18. The Morgan fingerprint density at radius 1 is 1.00 bits per heavy atom. The number of nitrogens with zero attached hydrogens (tertiary/aromatic N) is 1. The minimum absolute atomic E-state index is 0.127. The van der Waals surface area contributed by atoms with Crippen LogP contribution < -0.4 is 14.4 Å². The summed E-state index contributed by atoms with van der Waals surface area (Å²) in [6.45, 7) is 1.46. The van der Waals surface area contributed by atoms with Crippen LogP contribution in [0, 0.1) is 0 Å². The van der Waals surface area contributed by atoms with Crippen LogP contribution in [0.5, 0.6) is 5.75 Å². The van der Waals surface area contributed by atoms with Crippen LogP contribution in [-0.4, -0.2) is 46.7 Å². The minimum atomic E-state index is -3.95. The zero-order valence-electron chi connectivity index (χ0n) is 19.6. The van der Waals surface area contributed by atoms with Crippen LogP contribution >= 0.6 is 11.6 Å². The van der Waals surface area contributed by atoms with Gasteiger partial charge in [-0.1, -0.05) is 60.1 Å². The zero-order chi connectivity index (χ0) is 25.2. The van der Waals surface area contributed by atoms with Crippen molar-refractivity contribution in [3.8, 4) is 5.75 Å². The number of carbonyl (C=O) groups excluding carboxylic acids is 1. The van der Waals surface area contributed by atoms with E-state index in [4.69, 9.17) is 21.1 Å². The molecule has 0 radical (unpaired) electrons. The Morgan fingerprint density at radius 3 is 2.36 bits per heavy atom. The molecule has 2 aliphatic heterocycles. The number of nitrogens with one attached hydrogen (secondary N) is 1. The topological polar surface area (TPSA) is 84.9 Å². The van der Waals surface area contributed by atoms with E-state index in [-0.39, 0.29) is 28.5 Å². The van der Waals surface area contributed by atoms with E-state index in [0.29, 0.717) is 30.5 Å². The van der Waals surface area contributed by atoms with Gasteiger partial charge in [0.15, 0.2) is 6.10 Å². The van der Waals surface area contributed by atoms with E-state index in [9.17, 15) is 13.2 Å². The Hall–Kier alpha value is -3.07. The van der Waals surface area contributed by atoms with Crippen molar-refractivity contribution >= 4 is 33.2 Å². The van der Waals surface area contributed by atoms with Crippen molar-refractivity contribution in [3.05, 3.63) is 89.4 Å². The molecule has 0 aromatic heterocycles. The van der Waals surface area contributed by atoms with Crippen LogP contribution in [0.25, 0.3) is 0 Å². The number of hydrogen-bond donors (Lipinski definition) is 1. The van der Waals surface area contributed by atoms with Gasteiger partial charge in [-0.25, -0.2) is 8.42 Å². The van der Waals surface area contributed by atoms with Crippen molar-refractivity contribution in [1.82, 2.24) is 5.32 Å². The number of rotatable bonds is 6. The van der Waals surface area contributed by atoms with Crippen molar-refractivity contribution in [1.29, 1.82) is 0 Å². The third-order valence-corrected chi connectivity index (χ3v) is 8.88. The molecule has 9 heteroatoms. The van der Waals surface area contributed by atoms with Crippen LogP contribution in [0.3, 0.4) is 0 Å². The molecule has 0 saturated carbocycles. The van der Waals surface area contributed by atoms with Crippen LogP contribution in [-0.2, 0) is 25.0 Å². The van der Waals surface area contributed by atoms with Crippen molar-refractivity contribution < 1.29 is 22.7 Å². The molecule has 0 unspecified atom stereocenters. The van der Waals surface area contributed by atoms with E-state index in [0.717, 1.165) is 18.4 Å². The van der Waals surface area contributed by atoms with E-state index >= 15 is 0 Å². The second kappa shape index (κ2) is 10.1. The van der Waals surface area contributed by atoms with Crippen molar-refractivity contribution in [2.75, 3.05) is 30.6 Å². The highest BCUT2D eigenvalue weighted by atomic mass is 35.5. The highest BCUT2D eigenvalue weighted by Gasteiger charge is 2.40. The first-order chi connectivity index (χ1) is 17.4. The van der Waals surface area contributed by atoms with Gasteiger partial charge in [0.25, 0.3) is 15.9 Å². The quantitative estimate of drug-likeness (QED) is 0.521. The van der Waals surface area contributed by atoms with Gasteiger partial charge in [0.1, 0.15) is 5.75 Å². The molecule has 3 aromatic carbocycles. The molecule has 1 fully saturated rings. The second-order valence-electron chi connectivity index (χ2n) is 9.04. The predicted octanol–water partition coefficient (Wildman–Crippen LogP) is 4.16. The summed E-state index contributed by atoms with van der Waals surface area (Å²) in [4.78, 5) is 13.5. The van der Waals surface area contributed by atoms with E-state index in [1.807, 2.05) is 18.2 Å². The predicted molar refractivity (Wildman–Crippen MR) is 138 cm³/mol. The molecule has 36 heavy (non-hydrogen) atoms. The molecule has 7 nitrogen and oxygen atoms in total. The van der Waals surface area contributed by atoms with E-state index in [2.05, 4.69) is 17.4 Å². The molecule has 1 saturated heterocycles. The highest BCUT2D eigenvalue weighted by molar-refractivity contribution is 7.92. The number of sulfonamides is 1. The molecule has 1 atom stereocenters. The number of carbonyl (C=O) groups is 1. The second-order valence-corrected chi connectivity index (χ2v) is 11.3. The van der Waals surface area contributed by atoms with Crippen LogP contribution in [0.4, 0.5) is 5.69 Å². The van der Waals surface area contributed by atoms with E-state index in [1.54, 1.807) is 30.3 Å². The standard InChI is InChI=1S/C27H27ClN2O5S/c28-21-11-12-24-23(17-21)30(36(32,33)22-9-5-2-6-10-22)18-25(35-24)26(31)29-19-27(13-15-34-16-14-27)20-7-3-1-4-8-20/h1-12,17,25H,13-16,18-19H2,(H,29,31)/t25-/m0/s1. The maximum atomic E-state index is 13.6. The molecule has 0 spiro atoms. The number of anilines is 1. The van der Waals surface area contributed by atoms with Gasteiger partial charge in [-0.05, 0) is 48.7 Å². The van der Waals surface area contributed by atoms with Gasteiger partial charge in [0.05, 0.1) is 17.1 Å². The third kappa shape index (κ3) is 4.81. The lowest BCUT2D eigenvalue weighted by Crippen LogP contribution is -2.53. The Labute approximate surface area is 216 Å². The maximum Gasteiger partial charge on any atom is 0.264 e. The number of hydrogen-bond acceptors (Lipinski definition) is 5. The summed E-state index contributed by atoms with van der Waals surface area (Å²) in [5.41, 5.74) is 1.19. The fraction of sp³-hybridized carbons (Fsp3) is 0.296. The van der Waals surface area contributed by atoms with Gasteiger partial charge in [-0.2, -0.15) is 0 Å². The molecular formula is C27H27ClN2O5S. The number of benzene rings is 3. The molecule has 1 N–H and O–H groups in total. The zero-order valence-corrected chi connectivity index (χ0v) is 21.2. The van der Waals surface area contributed by atoms with Gasteiger partial charge in [-0.3, -0.25) is 9.10 Å². The number of amides is 1. The summed E-state index contributed by atoms with van der Waals surface area (Å²) in [5.74, 6) is -0.0835. The molecule has 3 aromatic rings. The first kappa shape index (κ1) is 24.6.